The minimum Gasteiger partial charge on any atom is -0.319 e. The van der Waals surface area contributed by atoms with Gasteiger partial charge in [-0.15, -0.1) is 0 Å². The number of hydrogen-bond acceptors (Lipinski definition) is 2. The van der Waals surface area contributed by atoms with Crippen LogP contribution in [0.1, 0.15) is 10.5 Å². The Morgan fingerprint density at radius 3 is 2.57 bits per heavy atom. The lowest BCUT2D eigenvalue weighted by molar-refractivity contribution is 0.102. The number of nitrogens with one attached hydrogen (secondary N) is 2. The summed E-state index contributed by atoms with van der Waals surface area (Å²) in [6, 6.07) is 14.2. The van der Waals surface area contributed by atoms with Crippen LogP contribution in [-0.4, -0.2) is 16.1 Å². The van der Waals surface area contributed by atoms with Gasteiger partial charge in [-0.1, -0.05) is 51.3 Å². The fourth-order valence-corrected chi connectivity index (χ4v) is 2.59. The molecule has 0 aliphatic rings. The Balaban J connectivity index is 1.81. The molecule has 3 rings (SSSR count). The number of amides is 1. The third-order valence-electron chi connectivity index (χ3n) is 3.14. The standard InChI is InChI=1S/C16H10BrCl2N3O/c17-10-3-1-9(2-4-10)13-8-15(22-21-13)16(23)20-14-7-11(18)5-6-12(14)19/h1-8H,(H,20,23)(H,21,22). The summed E-state index contributed by atoms with van der Waals surface area (Å²) in [6.07, 6.45) is 0. The van der Waals surface area contributed by atoms with Gasteiger partial charge in [0.1, 0.15) is 5.69 Å². The first-order valence-electron chi connectivity index (χ1n) is 6.61. The van der Waals surface area contributed by atoms with E-state index in [-0.39, 0.29) is 5.91 Å². The lowest BCUT2D eigenvalue weighted by Gasteiger charge is -2.06. The van der Waals surface area contributed by atoms with Gasteiger partial charge >= 0.3 is 0 Å². The lowest BCUT2D eigenvalue weighted by Crippen LogP contribution is -2.12. The van der Waals surface area contributed by atoms with Crippen molar-refractivity contribution in [2.45, 2.75) is 0 Å². The van der Waals surface area contributed by atoms with E-state index in [1.165, 1.54) is 0 Å². The van der Waals surface area contributed by atoms with E-state index in [1.807, 2.05) is 24.3 Å². The van der Waals surface area contributed by atoms with Crippen molar-refractivity contribution in [3.63, 3.8) is 0 Å². The van der Waals surface area contributed by atoms with Gasteiger partial charge in [0.2, 0.25) is 0 Å². The van der Waals surface area contributed by atoms with Crippen LogP contribution in [0.5, 0.6) is 0 Å². The molecule has 0 radical (unpaired) electrons. The average molecular weight is 411 g/mol. The Kier molecular flexibility index (Phi) is 4.71. The van der Waals surface area contributed by atoms with Crippen LogP contribution in [0.25, 0.3) is 11.3 Å². The second-order valence-electron chi connectivity index (χ2n) is 4.75. The molecule has 2 N–H and O–H groups in total. The summed E-state index contributed by atoms with van der Waals surface area (Å²) < 4.78 is 0.977. The van der Waals surface area contributed by atoms with Crippen LogP contribution < -0.4 is 5.32 Å². The minimum absolute atomic E-state index is 0.332. The second-order valence-corrected chi connectivity index (χ2v) is 6.51. The summed E-state index contributed by atoms with van der Waals surface area (Å²) in [5.74, 6) is -0.343. The SMILES string of the molecule is O=C(Nc1cc(Cl)ccc1Cl)c1cc(-c2ccc(Br)cc2)n[nH]1. The van der Waals surface area contributed by atoms with Crippen molar-refractivity contribution in [2.24, 2.45) is 0 Å². The third kappa shape index (κ3) is 3.75. The number of anilines is 1. The van der Waals surface area contributed by atoms with Crippen LogP contribution in [0.2, 0.25) is 10.0 Å². The van der Waals surface area contributed by atoms with Gasteiger partial charge < -0.3 is 5.32 Å². The highest BCUT2D eigenvalue weighted by atomic mass is 79.9. The largest absolute Gasteiger partial charge is 0.319 e. The van der Waals surface area contributed by atoms with Crippen molar-refractivity contribution in [2.75, 3.05) is 5.32 Å². The van der Waals surface area contributed by atoms with Gasteiger partial charge in [-0.3, -0.25) is 9.89 Å². The smallest absolute Gasteiger partial charge is 0.273 e. The maximum absolute atomic E-state index is 12.3. The first kappa shape index (κ1) is 16.1. The molecule has 0 unspecified atom stereocenters. The summed E-state index contributed by atoms with van der Waals surface area (Å²) in [6.45, 7) is 0. The van der Waals surface area contributed by atoms with Gasteiger partial charge in [-0.05, 0) is 36.4 Å². The van der Waals surface area contributed by atoms with Gasteiger partial charge in [0.15, 0.2) is 0 Å². The number of carbonyl (C=O) groups excluding carboxylic acids is 1. The van der Waals surface area contributed by atoms with E-state index in [0.29, 0.717) is 27.1 Å². The molecule has 1 heterocycles. The molecule has 4 nitrogen and oxygen atoms in total. The number of halogens is 3. The molecule has 0 atom stereocenters. The third-order valence-corrected chi connectivity index (χ3v) is 4.23. The molecule has 0 aliphatic carbocycles. The predicted molar refractivity (Wildman–Crippen MR) is 96.1 cm³/mol. The van der Waals surface area contributed by atoms with Crippen molar-refractivity contribution in [3.8, 4) is 11.3 Å². The molecule has 1 amide bonds. The summed E-state index contributed by atoms with van der Waals surface area (Å²) in [4.78, 5) is 12.3. The van der Waals surface area contributed by atoms with Gasteiger partial charge in [0.25, 0.3) is 5.91 Å². The molecular weight excluding hydrogens is 401 g/mol. The Labute approximate surface area is 150 Å². The first-order chi connectivity index (χ1) is 11.0. The van der Waals surface area contributed by atoms with Crippen molar-refractivity contribution >= 4 is 50.7 Å². The monoisotopic (exact) mass is 409 g/mol. The Bertz CT molecular complexity index is 862. The molecule has 1 aromatic heterocycles. The van der Waals surface area contributed by atoms with Crippen LogP contribution in [0, 0.1) is 0 Å². The maximum Gasteiger partial charge on any atom is 0.273 e. The molecule has 0 bridgehead atoms. The number of carbonyl (C=O) groups is 1. The summed E-state index contributed by atoms with van der Waals surface area (Å²) in [5, 5.41) is 10.5. The Morgan fingerprint density at radius 2 is 1.83 bits per heavy atom. The van der Waals surface area contributed by atoms with Crippen LogP contribution in [-0.2, 0) is 0 Å². The number of aromatic nitrogens is 2. The fraction of sp³-hybridized carbons (Fsp3) is 0. The molecular formula is C16H10BrCl2N3O. The highest BCUT2D eigenvalue weighted by Gasteiger charge is 2.13. The van der Waals surface area contributed by atoms with E-state index in [2.05, 4.69) is 31.4 Å². The zero-order valence-corrected chi connectivity index (χ0v) is 14.7. The lowest BCUT2D eigenvalue weighted by atomic mass is 10.1. The van der Waals surface area contributed by atoms with Gasteiger partial charge in [-0.2, -0.15) is 5.10 Å². The highest BCUT2D eigenvalue weighted by molar-refractivity contribution is 9.10. The van der Waals surface area contributed by atoms with Gasteiger partial charge in [0.05, 0.1) is 16.4 Å². The van der Waals surface area contributed by atoms with Crippen molar-refractivity contribution in [3.05, 3.63) is 68.7 Å². The maximum atomic E-state index is 12.3. The topological polar surface area (TPSA) is 57.8 Å². The second kappa shape index (κ2) is 6.74. The first-order valence-corrected chi connectivity index (χ1v) is 8.15. The van der Waals surface area contributed by atoms with E-state index < -0.39 is 0 Å². The molecule has 0 saturated carbocycles. The molecule has 0 fully saturated rings. The highest BCUT2D eigenvalue weighted by Crippen LogP contribution is 2.26. The Hall–Kier alpha value is -1.82. The summed E-state index contributed by atoms with van der Waals surface area (Å²) in [7, 11) is 0. The number of rotatable bonds is 3. The fourth-order valence-electron chi connectivity index (χ4n) is 1.99. The van der Waals surface area contributed by atoms with Crippen LogP contribution in [0.15, 0.2) is 53.0 Å². The molecule has 0 aliphatic heterocycles. The number of aromatic amines is 1. The van der Waals surface area contributed by atoms with E-state index >= 15 is 0 Å². The van der Waals surface area contributed by atoms with E-state index in [1.54, 1.807) is 24.3 Å². The van der Waals surface area contributed by atoms with Crippen LogP contribution in [0.4, 0.5) is 5.69 Å². The van der Waals surface area contributed by atoms with Gasteiger partial charge in [-0.25, -0.2) is 0 Å². The number of benzene rings is 2. The van der Waals surface area contributed by atoms with E-state index in [0.717, 1.165) is 10.0 Å². The minimum atomic E-state index is -0.343. The zero-order chi connectivity index (χ0) is 16.4. The molecule has 0 spiro atoms. The van der Waals surface area contributed by atoms with Crippen molar-refractivity contribution in [1.82, 2.24) is 10.2 Å². The molecule has 116 valence electrons. The van der Waals surface area contributed by atoms with Gasteiger partial charge in [0, 0.05) is 15.1 Å². The molecule has 2 aromatic carbocycles. The molecule has 3 aromatic rings. The average Bonchev–Trinajstić information content (AvgIpc) is 3.02. The Morgan fingerprint density at radius 1 is 1.09 bits per heavy atom. The normalized spacial score (nSPS) is 10.6. The quantitative estimate of drug-likeness (QED) is 0.607. The number of H-pyrrole nitrogens is 1. The van der Waals surface area contributed by atoms with Crippen molar-refractivity contribution < 1.29 is 4.79 Å². The molecule has 7 heteroatoms. The number of nitrogens with zero attached hydrogens (tertiary/aromatic N) is 1. The summed E-state index contributed by atoms with van der Waals surface area (Å²) in [5.41, 5.74) is 2.37. The van der Waals surface area contributed by atoms with Crippen molar-refractivity contribution in [1.29, 1.82) is 0 Å². The van der Waals surface area contributed by atoms with Crippen LogP contribution in [0.3, 0.4) is 0 Å². The zero-order valence-electron chi connectivity index (χ0n) is 11.6. The van der Waals surface area contributed by atoms with Crippen LogP contribution >= 0.6 is 39.1 Å². The predicted octanol–water partition coefficient (Wildman–Crippen LogP) is 5.40. The van der Waals surface area contributed by atoms with E-state index in [9.17, 15) is 4.79 Å². The molecule has 23 heavy (non-hydrogen) atoms. The summed E-state index contributed by atoms with van der Waals surface area (Å²) >= 11 is 15.3. The molecule has 0 saturated heterocycles. The van der Waals surface area contributed by atoms with E-state index in [4.69, 9.17) is 23.2 Å². The number of hydrogen-bond donors (Lipinski definition) is 2.